The first-order valence-electron chi connectivity index (χ1n) is 8.11. The van der Waals surface area contributed by atoms with Crippen LogP contribution in [0.15, 0.2) is 51.9 Å². The Bertz CT molecular complexity index is 947. The van der Waals surface area contributed by atoms with Crippen molar-refractivity contribution in [1.29, 1.82) is 0 Å². The van der Waals surface area contributed by atoms with Gasteiger partial charge < -0.3 is 15.0 Å². The number of hydrogen-bond donors (Lipinski definition) is 1. The first-order chi connectivity index (χ1) is 13.1. The average Bonchev–Trinajstić information content (AvgIpc) is 3.14. The average molecular weight is 449 g/mol. The molecule has 6 nitrogen and oxygen atoms in total. The molecule has 2 aromatic heterocycles. The van der Waals surface area contributed by atoms with E-state index in [1.54, 1.807) is 12.3 Å². The lowest BCUT2D eigenvalue weighted by atomic mass is 10.1. The molecule has 1 aliphatic heterocycles. The van der Waals surface area contributed by atoms with Gasteiger partial charge in [-0.05, 0) is 39.5 Å². The van der Waals surface area contributed by atoms with Crippen LogP contribution >= 0.6 is 27.3 Å². The molecule has 138 valence electrons. The third kappa shape index (κ3) is 4.09. The number of thiophene rings is 1. The van der Waals surface area contributed by atoms with E-state index in [0.29, 0.717) is 29.1 Å². The zero-order valence-electron chi connectivity index (χ0n) is 13.9. The minimum atomic E-state index is -0.341. The van der Waals surface area contributed by atoms with E-state index >= 15 is 0 Å². The molecule has 0 spiro atoms. The van der Waals surface area contributed by atoms with Gasteiger partial charge in [0.25, 0.3) is 5.91 Å². The second-order valence-corrected chi connectivity index (χ2v) is 7.58. The van der Waals surface area contributed by atoms with Crippen LogP contribution in [0.25, 0.3) is 0 Å². The zero-order chi connectivity index (χ0) is 18.8. The van der Waals surface area contributed by atoms with E-state index < -0.39 is 0 Å². The van der Waals surface area contributed by atoms with Crippen molar-refractivity contribution in [3.63, 3.8) is 0 Å². The van der Waals surface area contributed by atoms with Gasteiger partial charge in [0, 0.05) is 11.4 Å². The molecule has 27 heavy (non-hydrogen) atoms. The van der Waals surface area contributed by atoms with Crippen LogP contribution in [0.4, 0.5) is 15.9 Å². The molecular weight excluding hydrogens is 435 g/mol. The Morgan fingerprint density at radius 3 is 2.85 bits per heavy atom. The summed E-state index contributed by atoms with van der Waals surface area (Å²) in [7, 11) is 0. The molecule has 0 saturated carbocycles. The first kappa shape index (κ1) is 17.9. The molecule has 1 N–H and O–H groups in total. The quantitative estimate of drug-likeness (QED) is 0.639. The summed E-state index contributed by atoms with van der Waals surface area (Å²) in [5.74, 6) is 0.506. The highest BCUT2D eigenvalue weighted by Gasteiger charge is 2.30. The molecule has 0 radical (unpaired) electrons. The number of hydrogen-bond acceptors (Lipinski definition) is 6. The van der Waals surface area contributed by atoms with Gasteiger partial charge in [-0.15, -0.1) is 0 Å². The van der Waals surface area contributed by atoms with Gasteiger partial charge in [-0.25, -0.2) is 14.4 Å². The molecule has 1 saturated heterocycles. The predicted molar refractivity (Wildman–Crippen MR) is 105 cm³/mol. The molecule has 0 aliphatic carbocycles. The van der Waals surface area contributed by atoms with Gasteiger partial charge in [0.15, 0.2) is 0 Å². The molecule has 0 unspecified atom stereocenters. The van der Waals surface area contributed by atoms with Crippen molar-refractivity contribution >= 4 is 44.7 Å². The molecule has 0 atom stereocenters. The monoisotopic (exact) mass is 448 g/mol. The summed E-state index contributed by atoms with van der Waals surface area (Å²) in [6, 6.07) is 6.16. The summed E-state index contributed by atoms with van der Waals surface area (Å²) >= 11 is 4.85. The number of halogens is 2. The largest absolute Gasteiger partial charge is 0.485 e. The van der Waals surface area contributed by atoms with Gasteiger partial charge in [0.05, 0.1) is 35.6 Å². The minimum absolute atomic E-state index is 0.0635. The number of aromatic nitrogens is 2. The standard InChI is InChI=1S/C18H14BrFN4O2S/c19-14-2-1-11(20)5-16(14)26-13-8-24(9-13)17-7-21-15(6-22-17)18(25)23-12-3-4-27-10-12/h1-7,10,13H,8-9H2,(H,23,25). The van der Waals surface area contributed by atoms with Gasteiger partial charge in [-0.2, -0.15) is 11.3 Å². The van der Waals surface area contributed by atoms with Crippen LogP contribution in [-0.2, 0) is 0 Å². The van der Waals surface area contributed by atoms with Crippen molar-refractivity contribution in [2.45, 2.75) is 6.10 Å². The van der Waals surface area contributed by atoms with Crippen molar-refractivity contribution in [2.24, 2.45) is 0 Å². The molecule has 1 aromatic carbocycles. The summed E-state index contributed by atoms with van der Waals surface area (Å²) in [6.07, 6.45) is 2.96. The Labute approximate surface area is 167 Å². The van der Waals surface area contributed by atoms with Crippen LogP contribution < -0.4 is 15.0 Å². The Balaban J connectivity index is 1.33. The summed E-state index contributed by atoms with van der Waals surface area (Å²) in [4.78, 5) is 22.6. The first-order valence-corrected chi connectivity index (χ1v) is 9.84. The SMILES string of the molecule is O=C(Nc1ccsc1)c1cnc(N2CC(Oc3cc(F)ccc3Br)C2)cn1. The van der Waals surface area contributed by atoms with E-state index in [-0.39, 0.29) is 23.5 Å². The zero-order valence-corrected chi connectivity index (χ0v) is 16.3. The maximum atomic E-state index is 13.3. The van der Waals surface area contributed by atoms with Crippen LogP contribution in [0.2, 0.25) is 0 Å². The van der Waals surface area contributed by atoms with Crippen LogP contribution in [0.3, 0.4) is 0 Å². The van der Waals surface area contributed by atoms with Crippen molar-refractivity contribution in [1.82, 2.24) is 9.97 Å². The Hall–Kier alpha value is -2.52. The van der Waals surface area contributed by atoms with Gasteiger partial charge in [-0.1, -0.05) is 0 Å². The minimum Gasteiger partial charge on any atom is -0.485 e. The third-order valence-corrected chi connectivity index (χ3v) is 5.35. The lowest BCUT2D eigenvalue weighted by Gasteiger charge is -2.39. The number of anilines is 2. The fourth-order valence-corrected chi connectivity index (χ4v) is 3.51. The number of ether oxygens (including phenoxy) is 1. The molecule has 1 aliphatic rings. The fourth-order valence-electron chi connectivity index (χ4n) is 2.58. The molecule has 3 aromatic rings. The van der Waals surface area contributed by atoms with E-state index in [1.165, 1.54) is 29.7 Å². The van der Waals surface area contributed by atoms with Crippen molar-refractivity contribution in [3.05, 3.63) is 63.4 Å². The number of nitrogens with zero attached hydrogens (tertiary/aromatic N) is 3. The van der Waals surface area contributed by atoms with Gasteiger partial charge in [-0.3, -0.25) is 4.79 Å². The molecule has 1 amide bonds. The lowest BCUT2D eigenvalue weighted by Crippen LogP contribution is -2.54. The summed E-state index contributed by atoms with van der Waals surface area (Å²) in [6.45, 7) is 1.22. The molecule has 3 heterocycles. The highest BCUT2D eigenvalue weighted by atomic mass is 79.9. The lowest BCUT2D eigenvalue weighted by molar-refractivity contribution is 0.102. The Morgan fingerprint density at radius 2 is 2.15 bits per heavy atom. The van der Waals surface area contributed by atoms with Crippen LogP contribution in [0.1, 0.15) is 10.5 Å². The third-order valence-electron chi connectivity index (χ3n) is 4.01. The Kier molecular flexibility index (Phi) is 5.04. The molecule has 1 fully saturated rings. The molecule has 4 rings (SSSR count). The summed E-state index contributed by atoms with van der Waals surface area (Å²) < 4.78 is 19.8. The number of benzene rings is 1. The van der Waals surface area contributed by atoms with Crippen molar-refractivity contribution in [2.75, 3.05) is 23.3 Å². The van der Waals surface area contributed by atoms with E-state index in [4.69, 9.17) is 4.74 Å². The predicted octanol–water partition coefficient (Wildman–Crippen LogP) is 3.96. The van der Waals surface area contributed by atoms with E-state index in [9.17, 15) is 9.18 Å². The van der Waals surface area contributed by atoms with Gasteiger partial charge in [0.2, 0.25) is 0 Å². The van der Waals surface area contributed by atoms with Crippen LogP contribution in [0.5, 0.6) is 5.75 Å². The number of carbonyl (C=O) groups is 1. The number of amides is 1. The van der Waals surface area contributed by atoms with Crippen LogP contribution in [-0.4, -0.2) is 35.1 Å². The number of nitrogens with one attached hydrogen (secondary N) is 1. The fraction of sp³-hybridized carbons (Fsp3) is 0.167. The molecule has 9 heteroatoms. The maximum absolute atomic E-state index is 13.3. The normalized spacial score (nSPS) is 13.9. The van der Waals surface area contributed by atoms with Crippen LogP contribution in [0, 0.1) is 5.82 Å². The van der Waals surface area contributed by atoms with Gasteiger partial charge in [0.1, 0.15) is 29.2 Å². The maximum Gasteiger partial charge on any atom is 0.275 e. The molecular formula is C18H14BrFN4O2S. The van der Waals surface area contributed by atoms with Gasteiger partial charge >= 0.3 is 0 Å². The summed E-state index contributed by atoms with van der Waals surface area (Å²) in [5, 5.41) is 6.49. The smallest absolute Gasteiger partial charge is 0.275 e. The van der Waals surface area contributed by atoms with E-state index in [2.05, 4.69) is 31.2 Å². The second-order valence-electron chi connectivity index (χ2n) is 5.95. The topological polar surface area (TPSA) is 67.4 Å². The van der Waals surface area contributed by atoms with E-state index in [1.807, 2.05) is 21.7 Å². The summed E-state index contributed by atoms with van der Waals surface area (Å²) in [5.41, 5.74) is 0.990. The highest BCUT2D eigenvalue weighted by molar-refractivity contribution is 9.10. The van der Waals surface area contributed by atoms with Crippen molar-refractivity contribution < 1.29 is 13.9 Å². The van der Waals surface area contributed by atoms with Crippen molar-refractivity contribution in [3.8, 4) is 5.75 Å². The number of carbonyl (C=O) groups excluding carboxylic acids is 1. The molecule has 0 bridgehead atoms. The Morgan fingerprint density at radius 1 is 1.30 bits per heavy atom. The number of rotatable bonds is 5. The highest BCUT2D eigenvalue weighted by Crippen LogP contribution is 2.29. The second kappa shape index (κ2) is 7.61. The van der Waals surface area contributed by atoms with E-state index in [0.717, 1.165) is 5.69 Å².